The number of amides is 1. The molecule has 0 spiro atoms. The molecule has 1 heterocycles. The van der Waals surface area contributed by atoms with Gasteiger partial charge >= 0.3 is 0 Å². The standard InChI is InChI=1S/C14H19BrN2O2/c1-2-17-6-5-10(9-17)8-16-14(19)12-7-11(15)3-4-13(12)18/h3-4,7,10,18H,2,5-6,8-9H2,1H3,(H,16,19). The molecule has 104 valence electrons. The Kier molecular flexibility index (Phi) is 4.82. The van der Waals surface area contributed by atoms with Crippen LogP contribution in [0.25, 0.3) is 0 Å². The number of carbonyl (C=O) groups is 1. The van der Waals surface area contributed by atoms with E-state index < -0.39 is 0 Å². The first-order valence-corrected chi connectivity index (χ1v) is 7.38. The van der Waals surface area contributed by atoms with Crippen LogP contribution in [0.3, 0.4) is 0 Å². The van der Waals surface area contributed by atoms with Gasteiger partial charge in [-0.15, -0.1) is 0 Å². The zero-order chi connectivity index (χ0) is 13.8. The summed E-state index contributed by atoms with van der Waals surface area (Å²) in [5.41, 5.74) is 0.319. The first-order valence-electron chi connectivity index (χ1n) is 6.59. The van der Waals surface area contributed by atoms with Gasteiger partial charge in [-0.25, -0.2) is 0 Å². The number of carbonyl (C=O) groups excluding carboxylic acids is 1. The van der Waals surface area contributed by atoms with Crippen molar-refractivity contribution in [1.29, 1.82) is 0 Å². The molecular weight excluding hydrogens is 308 g/mol. The van der Waals surface area contributed by atoms with Crippen molar-refractivity contribution in [2.24, 2.45) is 5.92 Å². The third-order valence-corrected chi connectivity index (χ3v) is 4.06. The molecule has 1 aromatic rings. The summed E-state index contributed by atoms with van der Waals surface area (Å²) < 4.78 is 0.786. The second kappa shape index (κ2) is 6.39. The average Bonchev–Trinajstić information content (AvgIpc) is 2.87. The van der Waals surface area contributed by atoms with E-state index in [1.165, 1.54) is 6.07 Å². The van der Waals surface area contributed by atoms with E-state index in [1.54, 1.807) is 12.1 Å². The molecule has 1 aromatic carbocycles. The molecule has 5 heteroatoms. The van der Waals surface area contributed by atoms with Gasteiger partial charge in [-0.1, -0.05) is 22.9 Å². The lowest BCUT2D eigenvalue weighted by Crippen LogP contribution is -2.31. The highest BCUT2D eigenvalue weighted by Crippen LogP contribution is 2.22. The zero-order valence-electron chi connectivity index (χ0n) is 11.0. The van der Waals surface area contributed by atoms with Gasteiger partial charge < -0.3 is 15.3 Å². The fourth-order valence-corrected chi connectivity index (χ4v) is 2.75. The summed E-state index contributed by atoms with van der Waals surface area (Å²) in [4.78, 5) is 14.4. The Hall–Kier alpha value is -1.07. The van der Waals surface area contributed by atoms with Crippen LogP contribution in [0.1, 0.15) is 23.7 Å². The Morgan fingerprint density at radius 1 is 1.58 bits per heavy atom. The summed E-state index contributed by atoms with van der Waals surface area (Å²) >= 11 is 3.30. The summed E-state index contributed by atoms with van der Waals surface area (Å²) in [6.07, 6.45) is 1.12. The molecule has 1 aliphatic heterocycles. The number of hydrogen-bond acceptors (Lipinski definition) is 3. The van der Waals surface area contributed by atoms with Crippen molar-refractivity contribution in [3.63, 3.8) is 0 Å². The normalized spacial score (nSPS) is 19.6. The molecule has 19 heavy (non-hydrogen) atoms. The number of benzene rings is 1. The first-order chi connectivity index (χ1) is 9.10. The van der Waals surface area contributed by atoms with Gasteiger partial charge in [0.1, 0.15) is 5.75 Å². The molecule has 0 aliphatic carbocycles. The molecule has 2 N–H and O–H groups in total. The molecule has 2 rings (SSSR count). The van der Waals surface area contributed by atoms with Crippen molar-refractivity contribution in [3.05, 3.63) is 28.2 Å². The van der Waals surface area contributed by atoms with Crippen molar-refractivity contribution in [1.82, 2.24) is 10.2 Å². The van der Waals surface area contributed by atoms with E-state index >= 15 is 0 Å². The van der Waals surface area contributed by atoms with Gasteiger partial charge in [0.05, 0.1) is 5.56 Å². The van der Waals surface area contributed by atoms with Gasteiger partial charge in [0.15, 0.2) is 0 Å². The lowest BCUT2D eigenvalue weighted by Gasteiger charge is -2.14. The number of likely N-dealkylation sites (tertiary alicyclic amines) is 1. The van der Waals surface area contributed by atoms with Crippen LogP contribution in [-0.2, 0) is 0 Å². The molecule has 1 aliphatic rings. The topological polar surface area (TPSA) is 52.6 Å². The fraction of sp³-hybridized carbons (Fsp3) is 0.500. The summed E-state index contributed by atoms with van der Waals surface area (Å²) in [5.74, 6) is 0.314. The quantitative estimate of drug-likeness (QED) is 0.892. The molecule has 0 bridgehead atoms. The van der Waals surface area contributed by atoms with E-state index in [4.69, 9.17) is 0 Å². The third-order valence-electron chi connectivity index (χ3n) is 3.57. The minimum Gasteiger partial charge on any atom is -0.507 e. The van der Waals surface area contributed by atoms with E-state index in [-0.39, 0.29) is 11.7 Å². The van der Waals surface area contributed by atoms with Gasteiger partial charge in [-0.2, -0.15) is 0 Å². The number of aromatic hydroxyl groups is 1. The van der Waals surface area contributed by atoms with Crippen LogP contribution in [0, 0.1) is 5.92 Å². The summed E-state index contributed by atoms with van der Waals surface area (Å²) in [6, 6.07) is 4.87. The number of nitrogens with one attached hydrogen (secondary N) is 1. The van der Waals surface area contributed by atoms with Crippen LogP contribution in [0.2, 0.25) is 0 Å². The lowest BCUT2D eigenvalue weighted by atomic mass is 10.1. The van der Waals surface area contributed by atoms with Crippen LogP contribution < -0.4 is 5.32 Å². The van der Waals surface area contributed by atoms with Gasteiger partial charge in [0, 0.05) is 17.6 Å². The molecule has 1 amide bonds. The van der Waals surface area contributed by atoms with Crippen molar-refractivity contribution in [2.45, 2.75) is 13.3 Å². The molecule has 0 radical (unpaired) electrons. The summed E-state index contributed by atoms with van der Waals surface area (Å²) in [6.45, 7) is 6.04. The van der Waals surface area contributed by atoms with Crippen LogP contribution in [0.5, 0.6) is 5.75 Å². The van der Waals surface area contributed by atoms with Gasteiger partial charge in [-0.05, 0) is 43.6 Å². The molecule has 4 nitrogen and oxygen atoms in total. The van der Waals surface area contributed by atoms with E-state index in [1.807, 2.05) is 0 Å². The minimum absolute atomic E-state index is 0.0160. The number of halogens is 1. The maximum absolute atomic E-state index is 12.0. The second-order valence-electron chi connectivity index (χ2n) is 4.92. The minimum atomic E-state index is -0.214. The van der Waals surface area contributed by atoms with Crippen LogP contribution in [0.15, 0.2) is 22.7 Å². The van der Waals surface area contributed by atoms with E-state index in [0.29, 0.717) is 18.0 Å². The van der Waals surface area contributed by atoms with Crippen LogP contribution in [-0.4, -0.2) is 42.1 Å². The smallest absolute Gasteiger partial charge is 0.255 e. The van der Waals surface area contributed by atoms with Crippen LogP contribution >= 0.6 is 15.9 Å². The SMILES string of the molecule is CCN1CCC(CNC(=O)c2cc(Br)ccc2O)C1. The molecule has 1 unspecified atom stereocenters. The van der Waals surface area contributed by atoms with Gasteiger partial charge in [0.2, 0.25) is 0 Å². The molecule has 1 saturated heterocycles. The maximum Gasteiger partial charge on any atom is 0.255 e. The Bertz CT molecular complexity index is 465. The largest absolute Gasteiger partial charge is 0.507 e. The maximum atomic E-state index is 12.0. The van der Waals surface area contributed by atoms with E-state index in [2.05, 4.69) is 33.1 Å². The Morgan fingerprint density at radius 3 is 3.05 bits per heavy atom. The molecule has 1 fully saturated rings. The number of phenolic OH excluding ortho intramolecular Hbond substituents is 1. The predicted octanol–water partition coefficient (Wildman–Crippen LogP) is 2.23. The van der Waals surface area contributed by atoms with E-state index in [9.17, 15) is 9.90 Å². The number of phenols is 1. The average molecular weight is 327 g/mol. The Labute approximate surface area is 121 Å². The third kappa shape index (κ3) is 3.70. The molecule has 1 atom stereocenters. The summed E-state index contributed by atoms with van der Waals surface area (Å²) in [7, 11) is 0. The lowest BCUT2D eigenvalue weighted by molar-refractivity contribution is 0.0944. The summed E-state index contributed by atoms with van der Waals surface area (Å²) in [5, 5.41) is 12.6. The zero-order valence-corrected chi connectivity index (χ0v) is 12.6. The monoisotopic (exact) mass is 326 g/mol. The number of hydrogen-bond donors (Lipinski definition) is 2. The van der Waals surface area contributed by atoms with E-state index in [0.717, 1.165) is 30.5 Å². The van der Waals surface area contributed by atoms with Crippen molar-refractivity contribution >= 4 is 21.8 Å². The predicted molar refractivity (Wildman–Crippen MR) is 78.4 cm³/mol. The number of nitrogens with zero attached hydrogens (tertiary/aromatic N) is 1. The molecule has 0 aromatic heterocycles. The Balaban J connectivity index is 1.89. The van der Waals surface area contributed by atoms with Gasteiger partial charge in [-0.3, -0.25) is 4.79 Å². The highest BCUT2D eigenvalue weighted by molar-refractivity contribution is 9.10. The van der Waals surface area contributed by atoms with Crippen molar-refractivity contribution < 1.29 is 9.90 Å². The molecule has 0 saturated carbocycles. The fourth-order valence-electron chi connectivity index (χ4n) is 2.39. The van der Waals surface area contributed by atoms with Crippen LogP contribution in [0.4, 0.5) is 0 Å². The number of rotatable bonds is 4. The Morgan fingerprint density at radius 2 is 2.37 bits per heavy atom. The van der Waals surface area contributed by atoms with Crippen molar-refractivity contribution in [2.75, 3.05) is 26.2 Å². The van der Waals surface area contributed by atoms with Gasteiger partial charge in [0.25, 0.3) is 5.91 Å². The first kappa shape index (κ1) is 14.3. The van der Waals surface area contributed by atoms with Crippen molar-refractivity contribution in [3.8, 4) is 5.75 Å². The highest BCUT2D eigenvalue weighted by Gasteiger charge is 2.22. The molecular formula is C14H19BrN2O2. The highest BCUT2D eigenvalue weighted by atomic mass is 79.9. The second-order valence-corrected chi connectivity index (χ2v) is 5.84.